The van der Waals surface area contributed by atoms with E-state index >= 15 is 0 Å². The van der Waals surface area contributed by atoms with Crippen LogP contribution in [0.5, 0.6) is 0 Å². The van der Waals surface area contributed by atoms with Gasteiger partial charge in [0.2, 0.25) is 0 Å². The van der Waals surface area contributed by atoms with Crippen molar-refractivity contribution in [3.05, 3.63) is 29.8 Å². The maximum atomic E-state index is 11.9. The van der Waals surface area contributed by atoms with Crippen LogP contribution in [0.2, 0.25) is 0 Å². The first-order valence-corrected chi connectivity index (χ1v) is 8.00. The number of sulfone groups is 1. The maximum Gasteiger partial charge on any atom is 0.251 e. The molecule has 1 amide bonds. The van der Waals surface area contributed by atoms with Gasteiger partial charge in [-0.05, 0) is 37.5 Å². The second-order valence-corrected chi connectivity index (χ2v) is 7.08. The Bertz CT molecular complexity index is 590. The van der Waals surface area contributed by atoms with E-state index in [1.165, 1.54) is 18.2 Å². The van der Waals surface area contributed by atoms with E-state index in [-0.39, 0.29) is 22.9 Å². The predicted octanol–water partition coefficient (Wildman–Crippen LogP) is 0.735. The van der Waals surface area contributed by atoms with E-state index in [0.717, 1.165) is 12.7 Å². The zero-order valence-electron chi connectivity index (χ0n) is 10.7. The summed E-state index contributed by atoms with van der Waals surface area (Å²) in [6, 6.07) is 5.87. The molecule has 1 aromatic rings. The molecule has 1 fully saturated rings. The van der Waals surface area contributed by atoms with Gasteiger partial charge < -0.3 is 10.4 Å². The smallest absolute Gasteiger partial charge is 0.251 e. The van der Waals surface area contributed by atoms with Crippen LogP contribution >= 0.6 is 0 Å². The minimum atomic E-state index is -3.33. The van der Waals surface area contributed by atoms with Crippen molar-refractivity contribution in [2.45, 2.75) is 29.8 Å². The minimum Gasteiger partial charge on any atom is -0.388 e. The molecule has 1 aliphatic rings. The van der Waals surface area contributed by atoms with E-state index in [0.29, 0.717) is 12.8 Å². The highest BCUT2D eigenvalue weighted by Crippen LogP contribution is 2.30. The first kappa shape index (κ1) is 14.0. The number of carbonyl (C=O) groups is 1. The SMILES string of the molecule is CS(=O)(=O)c1cccc(C(=O)NCC2(O)CCC2)c1. The standard InChI is InChI=1S/C13H17NO4S/c1-19(17,18)11-5-2-4-10(8-11)12(15)14-9-13(16)6-3-7-13/h2,4-5,8,16H,3,6-7,9H2,1H3,(H,14,15). The van der Waals surface area contributed by atoms with Gasteiger partial charge in [-0.3, -0.25) is 4.79 Å². The van der Waals surface area contributed by atoms with Gasteiger partial charge in [-0.1, -0.05) is 6.07 Å². The number of nitrogens with one attached hydrogen (secondary N) is 1. The van der Waals surface area contributed by atoms with E-state index in [2.05, 4.69) is 5.32 Å². The fourth-order valence-electron chi connectivity index (χ4n) is 1.98. The largest absolute Gasteiger partial charge is 0.388 e. The fraction of sp³-hybridized carbons (Fsp3) is 0.462. The van der Waals surface area contributed by atoms with Crippen molar-refractivity contribution in [1.29, 1.82) is 0 Å². The van der Waals surface area contributed by atoms with E-state index < -0.39 is 15.4 Å². The highest BCUT2D eigenvalue weighted by Gasteiger charge is 2.34. The molecule has 0 spiro atoms. The van der Waals surface area contributed by atoms with Gasteiger partial charge in [-0.25, -0.2) is 8.42 Å². The van der Waals surface area contributed by atoms with Crippen molar-refractivity contribution in [3.63, 3.8) is 0 Å². The van der Waals surface area contributed by atoms with Gasteiger partial charge in [-0.15, -0.1) is 0 Å². The Morgan fingerprint density at radius 2 is 2.11 bits per heavy atom. The monoisotopic (exact) mass is 283 g/mol. The number of rotatable bonds is 4. The molecule has 0 heterocycles. The molecule has 0 saturated heterocycles. The van der Waals surface area contributed by atoms with Crippen LogP contribution in [0, 0.1) is 0 Å². The van der Waals surface area contributed by atoms with Crippen LogP contribution in [0.4, 0.5) is 0 Å². The molecule has 1 aliphatic carbocycles. The molecule has 1 aromatic carbocycles. The molecule has 104 valence electrons. The van der Waals surface area contributed by atoms with Crippen molar-refractivity contribution in [3.8, 4) is 0 Å². The Balaban J connectivity index is 2.07. The predicted molar refractivity (Wildman–Crippen MR) is 70.7 cm³/mol. The van der Waals surface area contributed by atoms with Gasteiger partial charge in [-0.2, -0.15) is 0 Å². The lowest BCUT2D eigenvalue weighted by atomic mass is 9.80. The summed E-state index contributed by atoms with van der Waals surface area (Å²) in [4.78, 5) is 12.0. The van der Waals surface area contributed by atoms with Crippen molar-refractivity contribution in [1.82, 2.24) is 5.32 Å². The number of amides is 1. The second kappa shape index (κ2) is 4.94. The molecule has 19 heavy (non-hydrogen) atoms. The normalized spacial score (nSPS) is 17.6. The number of hydrogen-bond acceptors (Lipinski definition) is 4. The highest BCUT2D eigenvalue weighted by molar-refractivity contribution is 7.90. The van der Waals surface area contributed by atoms with Crippen molar-refractivity contribution < 1.29 is 18.3 Å². The van der Waals surface area contributed by atoms with Crippen LogP contribution in [0.1, 0.15) is 29.6 Å². The van der Waals surface area contributed by atoms with E-state index in [9.17, 15) is 18.3 Å². The first-order valence-electron chi connectivity index (χ1n) is 6.11. The van der Waals surface area contributed by atoms with Gasteiger partial charge in [0.25, 0.3) is 5.91 Å². The maximum absolute atomic E-state index is 11.9. The molecule has 0 atom stereocenters. The van der Waals surface area contributed by atoms with Gasteiger partial charge in [0.05, 0.1) is 10.5 Å². The van der Waals surface area contributed by atoms with Gasteiger partial charge in [0.15, 0.2) is 9.84 Å². The minimum absolute atomic E-state index is 0.113. The third-order valence-corrected chi connectivity index (χ3v) is 4.50. The molecule has 0 aromatic heterocycles. The molecule has 0 bridgehead atoms. The molecule has 0 aliphatic heterocycles. The van der Waals surface area contributed by atoms with E-state index in [4.69, 9.17) is 0 Å². The number of benzene rings is 1. The van der Waals surface area contributed by atoms with E-state index in [1.54, 1.807) is 6.07 Å². The summed E-state index contributed by atoms with van der Waals surface area (Å²) >= 11 is 0. The van der Waals surface area contributed by atoms with Crippen LogP contribution in [0.15, 0.2) is 29.2 Å². The highest BCUT2D eigenvalue weighted by atomic mass is 32.2. The molecular formula is C13H17NO4S. The summed E-state index contributed by atoms with van der Waals surface area (Å²) in [5.74, 6) is -0.370. The molecule has 0 unspecified atom stereocenters. The van der Waals surface area contributed by atoms with E-state index in [1.807, 2.05) is 0 Å². The van der Waals surface area contributed by atoms with Crippen molar-refractivity contribution >= 4 is 15.7 Å². The lowest BCUT2D eigenvalue weighted by molar-refractivity contribution is -0.0300. The van der Waals surface area contributed by atoms with Crippen LogP contribution in [0.25, 0.3) is 0 Å². The molecule has 2 rings (SSSR count). The molecule has 6 heteroatoms. The topological polar surface area (TPSA) is 83.5 Å². The van der Waals surface area contributed by atoms with Crippen molar-refractivity contribution in [2.24, 2.45) is 0 Å². The Kier molecular flexibility index (Phi) is 3.64. The summed E-state index contributed by atoms with van der Waals surface area (Å²) < 4.78 is 22.8. The zero-order chi connectivity index (χ0) is 14.1. The van der Waals surface area contributed by atoms with Gasteiger partial charge in [0, 0.05) is 18.4 Å². The van der Waals surface area contributed by atoms with Gasteiger partial charge >= 0.3 is 0 Å². The molecule has 0 radical (unpaired) electrons. The summed E-state index contributed by atoms with van der Waals surface area (Å²) in [6.07, 6.45) is 3.45. The Morgan fingerprint density at radius 3 is 2.63 bits per heavy atom. The first-order chi connectivity index (χ1) is 8.80. The Morgan fingerprint density at radius 1 is 1.42 bits per heavy atom. The number of hydrogen-bond donors (Lipinski definition) is 2. The van der Waals surface area contributed by atoms with Crippen molar-refractivity contribution in [2.75, 3.05) is 12.8 Å². The Labute approximate surface area is 112 Å². The average molecular weight is 283 g/mol. The van der Waals surface area contributed by atoms with Crippen LogP contribution in [0.3, 0.4) is 0 Å². The number of carbonyl (C=O) groups excluding carboxylic acids is 1. The van der Waals surface area contributed by atoms with Crippen LogP contribution in [-0.4, -0.2) is 37.8 Å². The summed E-state index contributed by atoms with van der Waals surface area (Å²) in [5, 5.41) is 12.5. The third kappa shape index (κ3) is 3.33. The molecule has 1 saturated carbocycles. The number of aliphatic hydroxyl groups is 1. The fourth-order valence-corrected chi connectivity index (χ4v) is 2.64. The summed E-state index contributed by atoms with van der Waals surface area (Å²) in [6.45, 7) is 0.203. The molecular weight excluding hydrogens is 266 g/mol. The summed E-state index contributed by atoms with van der Waals surface area (Å²) in [5.41, 5.74) is -0.504. The molecule has 5 nitrogen and oxygen atoms in total. The Hall–Kier alpha value is -1.40. The average Bonchev–Trinajstić information content (AvgIpc) is 2.33. The lowest BCUT2D eigenvalue weighted by Crippen LogP contribution is -2.47. The summed E-state index contributed by atoms with van der Waals surface area (Å²) in [7, 11) is -3.33. The lowest BCUT2D eigenvalue weighted by Gasteiger charge is -2.36. The van der Waals surface area contributed by atoms with Crippen LogP contribution < -0.4 is 5.32 Å². The quantitative estimate of drug-likeness (QED) is 0.853. The van der Waals surface area contributed by atoms with Crippen LogP contribution in [-0.2, 0) is 9.84 Å². The zero-order valence-corrected chi connectivity index (χ0v) is 11.5. The third-order valence-electron chi connectivity index (χ3n) is 3.39. The molecule has 2 N–H and O–H groups in total. The van der Waals surface area contributed by atoms with Gasteiger partial charge in [0.1, 0.15) is 0 Å². The second-order valence-electron chi connectivity index (χ2n) is 5.06.